The number of hydrogen-bond acceptors (Lipinski definition) is 1. The van der Waals surface area contributed by atoms with Crippen molar-refractivity contribution in [3.05, 3.63) is 33.8 Å². The lowest BCUT2D eigenvalue weighted by molar-refractivity contribution is 0.501. The van der Waals surface area contributed by atoms with E-state index in [1.165, 1.54) is 22.0 Å². The van der Waals surface area contributed by atoms with Crippen molar-refractivity contribution in [2.75, 3.05) is 6.54 Å². The summed E-state index contributed by atoms with van der Waals surface area (Å²) in [5.74, 6) is 0. The number of aryl methyl sites for hydroxylation is 1. The molecule has 0 saturated heterocycles. The van der Waals surface area contributed by atoms with Crippen LogP contribution in [0.2, 0.25) is 0 Å². The maximum absolute atomic E-state index is 5.96. The van der Waals surface area contributed by atoms with E-state index in [4.69, 9.17) is 5.73 Å². The smallest absolute Gasteiger partial charge is 0.0216 e. The Hall–Kier alpha value is -0.340. The first-order chi connectivity index (χ1) is 6.93. The van der Waals surface area contributed by atoms with E-state index in [1.807, 2.05) is 0 Å². The second kappa shape index (κ2) is 3.33. The number of benzene rings is 1. The lowest BCUT2D eigenvalue weighted by Crippen LogP contribution is -2.25. The number of halogens is 1. The Morgan fingerprint density at radius 2 is 2.00 bits per heavy atom. The third-order valence-corrected chi connectivity index (χ3v) is 4.56. The van der Waals surface area contributed by atoms with Gasteiger partial charge in [0.1, 0.15) is 0 Å². The molecule has 1 atom stereocenters. The Morgan fingerprint density at radius 1 is 1.40 bits per heavy atom. The minimum Gasteiger partial charge on any atom is -0.330 e. The van der Waals surface area contributed by atoms with Gasteiger partial charge in [-0.3, -0.25) is 0 Å². The van der Waals surface area contributed by atoms with E-state index in [2.05, 4.69) is 54.9 Å². The van der Waals surface area contributed by atoms with Crippen molar-refractivity contribution in [1.82, 2.24) is 0 Å². The van der Waals surface area contributed by atoms with Crippen LogP contribution in [0.5, 0.6) is 0 Å². The molecule has 1 unspecified atom stereocenters. The first-order valence-electron chi connectivity index (χ1n) is 5.40. The number of hydrogen-bond donors (Lipinski definition) is 1. The van der Waals surface area contributed by atoms with Crippen molar-refractivity contribution < 1.29 is 0 Å². The zero-order chi connectivity index (χ0) is 11.3. The molecule has 1 aromatic rings. The summed E-state index contributed by atoms with van der Waals surface area (Å²) in [5, 5.41) is 0. The zero-order valence-electron chi connectivity index (χ0n) is 9.60. The van der Waals surface area contributed by atoms with Gasteiger partial charge in [0.2, 0.25) is 0 Å². The van der Waals surface area contributed by atoms with Gasteiger partial charge < -0.3 is 5.73 Å². The summed E-state index contributed by atoms with van der Waals surface area (Å²) in [6.45, 7) is 7.45. The fourth-order valence-corrected chi connectivity index (χ4v) is 3.51. The van der Waals surface area contributed by atoms with Gasteiger partial charge in [-0.25, -0.2) is 0 Å². The van der Waals surface area contributed by atoms with E-state index in [-0.39, 0.29) is 5.41 Å². The zero-order valence-corrected chi connectivity index (χ0v) is 11.2. The first-order valence-corrected chi connectivity index (χ1v) is 6.19. The van der Waals surface area contributed by atoms with E-state index >= 15 is 0 Å². The molecule has 2 N–H and O–H groups in total. The molecule has 1 saturated carbocycles. The van der Waals surface area contributed by atoms with Crippen molar-refractivity contribution >= 4 is 15.9 Å². The van der Waals surface area contributed by atoms with E-state index in [1.54, 1.807) is 0 Å². The highest BCUT2D eigenvalue weighted by molar-refractivity contribution is 9.10. The lowest BCUT2D eigenvalue weighted by atomic mass is 9.87. The van der Waals surface area contributed by atoms with Gasteiger partial charge in [0.25, 0.3) is 0 Å². The highest BCUT2D eigenvalue weighted by atomic mass is 79.9. The van der Waals surface area contributed by atoms with Crippen LogP contribution in [-0.2, 0) is 5.41 Å². The van der Waals surface area contributed by atoms with Crippen molar-refractivity contribution in [3.8, 4) is 0 Å². The second-order valence-electron chi connectivity index (χ2n) is 5.33. The minimum atomic E-state index is 0.194. The van der Waals surface area contributed by atoms with Gasteiger partial charge in [0, 0.05) is 16.4 Å². The van der Waals surface area contributed by atoms with Crippen molar-refractivity contribution in [2.24, 2.45) is 11.1 Å². The predicted molar refractivity (Wildman–Crippen MR) is 68.0 cm³/mol. The normalized spacial score (nSPS) is 27.8. The Labute approximate surface area is 100 Å². The molecule has 1 aliphatic rings. The molecule has 1 nitrogen and oxygen atoms in total. The van der Waals surface area contributed by atoms with E-state index < -0.39 is 0 Å². The van der Waals surface area contributed by atoms with Crippen molar-refractivity contribution in [3.63, 3.8) is 0 Å². The fraction of sp³-hybridized carbons (Fsp3) is 0.538. The van der Waals surface area contributed by atoms with Gasteiger partial charge in [-0.05, 0) is 36.0 Å². The molecule has 0 radical (unpaired) electrons. The van der Waals surface area contributed by atoms with Crippen molar-refractivity contribution in [2.45, 2.75) is 32.6 Å². The summed E-state index contributed by atoms with van der Waals surface area (Å²) in [6.07, 6.45) is 1.19. The molecule has 0 bridgehead atoms. The molecule has 0 heterocycles. The summed E-state index contributed by atoms with van der Waals surface area (Å²) >= 11 is 3.66. The molecular weight excluding hydrogens is 250 g/mol. The van der Waals surface area contributed by atoms with Crippen LogP contribution in [0.15, 0.2) is 22.7 Å². The third-order valence-electron chi connectivity index (χ3n) is 3.90. The van der Waals surface area contributed by atoms with Gasteiger partial charge in [-0.15, -0.1) is 0 Å². The molecule has 82 valence electrons. The van der Waals surface area contributed by atoms with Crippen LogP contribution < -0.4 is 5.73 Å². The molecule has 1 aliphatic carbocycles. The average molecular weight is 268 g/mol. The molecule has 1 fully saturated rings. The largest absolute Gasteiger partial charge is 0.330 e. The predicted octanol–water partition coefficient (Wildman–Crippen LogP) is 3.38. The molecule has 0 spiro atoms. The standard InChI is InChI=1S/C13H18BrN/c1-9-4-5-10(11(14)6-9)13(8-15)7-12(13,2)3/h4-6H,7-8,15H2,1-3H3. The van der Waals surface area contributed by atoms with E-state index in [0.717, 1.165) is 6.54 Å². The molecule has 1 aromatic carbocycles. The summed E-state index contributed by atoms with van der Waals surface area (Å²) in [4.78, 5) is 0. The van der Waals surface area contributed by atoms with E-state index in [9.17, 15) is 0 Å². The summed E-state index contributed by atoms with van der Waals surface area (Å²) in [5.41, 5.74) is 9.17. The topological polar surface area (TPSA) is 26.0 Å². The Kier molecular flexibility index (Phi) is 2.47. The number of nitrogens with two attached hydrogens (primary N) is 1. The SMILES string of the molecule is Cc1ccc(C2(CN)CC2(C)C)c(Br)c1. The molecular formula is C13H18BrN. The van der Waals surface area contributed by atoms with Crippen LogP contribution in [0.1, 0.15) is 31.4 Å². The monoisotopic (exact) mass is 267 g/mol. The quantitative estimate of drug-likeness (QED) is 0.874. The molecule has 2 heteroatoms. The molecule has 0 aromatic heterocycles. The minimum absolute atomic E-state index is 0.194. The van der Waals surface area contributed by atoms with Crippen LogP contribution in [0.3, 0.4) is 0 Å². The first kappa shape index (κ1) is 11.2. The maximum atomic E-state index is 5.96. The van der Waals surface area contributed by atoms with Crippen molar-refractivity contribution in [1.29, 1.82) is 0 Å². The van der Waals surface area contributed by atoms with Crippen LogP contribution >= 0.6 is 15.9 Å². The molecule has 2 rings (SSSR count). The van der Waals surface area contributed by atoms with Gasteiger partial charge in [0.15, 0.2) is 0 Å². The van der Waals surface area contributed by atoms with Crippen LogP contribution in [-0.4, -0.2) is 6.54 Å². The van der Waals surface area contributed by atoms with Gasteiger partial charge >= 0.3 is 0 Å². The average Bonchev–Trinajstić information content (AvgIpc) is 2.69. The summed E-state index contributed by atoms with van der Waals surface area (Å²) < 4.78 is 1.21. The van der Waals surface area contributed by atoms with Gasteiger partial charge in [-0.2, -0.15) is 0 Å². The lowest BCUT2D eigenvalue weighted by Gasteiger charge is -2.20. The molecule has 0 aliphatic heterocycles. The third kappa shape index (κ3) is 1.55. The molecule has 0 amide bonds. The number of rotatable bonds is 2. The Balaban J connectivity index is 2.46. The van der Waals surface area contributed by atoms with Gasteiger partial charge in [0.05, 0.1) is 0 Å². The van der Waals surface area contributed by atoms with Crippen LogP contribution in [0.4, 0.5) is 0 Å². The van der Waals surface area contributed by atoms with Crippen LogP contribution in [0.25, 0.3) is 0 Å². The Morgan fingerprint density at radius 3 is 2.40 bits per heavy atom. The Bertz CT molecular complexity index is 398. The highest BCUT2D eigenvalue weighted by Crippen LogP contribution is 2.64. The van der Waals surface area contributed by atoms with Crippen LogP contribution in [0, 0.1) is 12.3 Å². The summed E-state index contributed by atoms with van der Waals surface area (Å²) in [7, 11) is 0. The highest BCUT2D eigenvalue weighted by Gasteiger charge is 2.61. The molecule has 15 heavy (non-hydrogen) atoms. The maximum Gasteiger partial charge on any atom is 0.0216 e. The van der Waals surface area contributed by atoms with Gasteiger partial charge in [-0.1, -0.05) is 41.9 Å². The van der Waals surface area contributed by atoms with E-state index in [0.29, 0.717) is 5.41 Å². The fourth-order valence-electron chi connectivity index (χ4n) is 2.64. The second-order valence-corrected chi connectivity index (χ2v) is 6.18. The summed E-state index contributed by atoms with van der Waals surface area (Å²) in [6, 6.07) is 6.58.